The summed E-state index contributed by atoms with van der Waals surface area (Å²) in [7, 11) is 1.56. The maximum atomic E-state index is 12.2. The predicted octanol–water partition coefficient (Wildman–Crippen LogP) is 1.92. The number of anilines is 1. The van der Waals surface area contributed by atoms with Gasteiger partial charge in [-0.2, -0.15) is 0 Å². The summed E-state index contributed by atoms with van der Waals surface area (Å²) in [5, 5.41) is 2.74. The van der Waals surface area contributed by atoms with Gasteiger partial charge in [-0.15, -0.1) is 0 Å². The fraction of sp³-hybridized carbons (Fsp3) is 0.0667. The average Bonchev–Trinajstić information content (AvgIpc) is 3.10. The molecule has 0 aliphatic heterocycles. The highest BCUT2D eigenvalue weighted by molar-refractivity contribution is 6.04. The van der Waals surface area contributed by atoms with Gasteiger partial charge in [0, 0.05) is 18.0 Å². The number of rotatable bonds is 4. The van der Waals surface area contributed by atoms with Crippen LogP contribution in [0, 0.1) is 0 Å². The van der Waals surface area contributed by atoms with Crippen LogP contribution in [0.2, 0.25) is 0 Å². The van der Waals surface area contributed by atoms with E-state index in [-0.39, 0.29) is 5.91 Å². The molecule has 0 bridgehead atoms. The summed E-state index contributed by atoms with van der Waals surface area (Å²) in [5.74, 6) is 0.856. The van der Waals surface area contributed by atoms with Gasteiger partial charge in [-0.25, -0.2) is 15.0 Å². The van der Waals surface area contributed by atoms with Crippen LogP contribution in [0.4, 0.5) is 5.69 Å². The van der Waals surface area contributed by atoms with Crippen molar-refractivity contribution >= 4 is 11.6 Å². The molecule has 0 atom stereocenters. The van der Waals surface area contributed by atoms with Gasteiger partial charge >= 0.3 is 0 Å². The van der Waals surface area contributed by atoms with Gasteiger partial charge in [-0.1, -0.05) is 6.07 Å². The highest BCUT2D eigenvalue weighted by atomic mass is 16.5. The van der Waals surface area contributed by atoms with E-state index in [4.69, 9.17) is 4.74 Å². The van der Waals surface area contributed by atoms with Gasteiger partial charge in [-0.3, -0.25) is 9.36 Å². The van der Waals surface area contributed by atoms with Crippen LogP contribution in [0.5, 0.6) is 5.75 Å². The molecule has 3 rings (SSSR count). The summed E-state index contributed by atoms with van der Waals surface area (Å²) >= 11 is 0. The fourth-order valence-corrected chi connectivity index (χ4v) is 1.86. The number of benzene rings is 1. The lowest BCUT2D eigenvalue weighted by Gasteiger charge is -2.07. The Bertz CT molecular complexity index is 769. The highest BCUT2D eigenvalue weighted by Crippen LogP contribution is 2.14. The molecule has 7 nitrogen and oxygen atoms in total. The van der Waals surface area contributed by atoms with Crippen LogP contribution in [0.3, 0.4) is 0 Å². The quantitative estimate of drug-likeness (QED) is 0.795. The average molecular weight is 295 g/mol. The Balaban J connectivity index is 1.74. The Morgan fingerprint density at radius 3 is 2.77 bits per heavy atom. The molecule has 110 valence electrons. The molecule has 22 heavy (non-hydrogen) atoms. The molecule has 1 N–H and O–H groups in total. The summed E-state index contributed by atoms with van der Waals surface area (Å²) < 4.78 is 6.77. The van der Waals surface area contributed by atoms with Gasteiger partial charge < -0.3 is 10.1 Å². The lowest BCUT2D eigenvalue weighted by molar-refractivity contribution is 0.102. The van der Waals surface area contributed by atoms with Crippen molar-refractivity contribution in [3.63, 3.8) is 0 Å². The number of nitrogens with zero attached hydrogens (tertiary/aromatic N) is 4. The van der Waals surface area contributed by atoms with Gasteiger partial charge in [0.15, 0.2) is 0 Å². The first-order valence-electron chi connectivity index (χ1n) is 6.52. The molecule has 0 saturated heterocycles. The molecule has 0 fully saturated rings. The normalized spacial score (nSPS) is 10.2. The van der Waals surface area contributed by atoms with Gasteiger partial charge in [0.25, 0.3) is 5.91 Å². The third kappa shape index (κ3) is 2.93. The molecule has 3 aromatic rings. The van der Waals surface area contributed by atoms with E-state index in [1.54, 1.807) is 67.1 Å². The number of hydrogen-bond donors (Lipinski definition) is 1. The first kappa shape index (κ1) is 13.7. The number of nitrogens with one attached hydrogen (secondary N) is 1. The fourth-order valence-electron chi connectivity index (χ4n) is 1.86. The maximum Gasteiger partial charge on any atom is 0.255 e. The van der Waals surface area contributed by atoms with Crippen molar-refractivity contribution < 1.29 is 9.53 Å². The highest BCUT2D eigenvalue weighted by Gasteiger charge is 2.08. The lowest BCUT2D eigenvalue weighted by Crippen LogP contribution is -2.12. The molecule has 2 aromatic heterocycles. The van der Waals surface area contributed by atoms with E-state index in [1.807, 2.05) is 0 Å². The molecule has 0 saturated carbocycles. The number of amides is 1. The molecule has 0 unspecified atom stereocenters. The summed E-state index contributed by atoms with van der Waals surface area (Å²) in [6, 6.07) is 6.90. The Hall–Kier alpha value is -3.22. The van der Waals surface area contributed by atoms with Crippen LogP contribution < -0.4 is 10.1 Å². The van der Waals surface area contributed by atoms with Gasteiger partial charge in [0.1, 0.15) is 12.1 Å². The second kappa shape index (κ2) is 6.04. The first-order valence-corrected chi connectivity index (χ1v) is 6.52. The monoisotopic (exact) mass is 295 g/mol. The van der Waals surface area contributed by atoms with Crippen molar-refractivity contribution in [2.75, 3.05) is 12.4 Å². The maximum absolute atomic E-state index is 12.2. The topological polar surface area (TPSA) is 81.9 Å². The number of carbonyl (C=O) groups is 1. The lowest BCUT2D eigenvalue weighted by atomic mass is 10.2. The Kier molecular flexibility index (Phi) is 3.78. The summed E-state index contributed by atoms with van der Waals surface area (Å²) in [4.78, 5) is 24.4. The van der Waals surface area contributed by atoms with Crippen molar-refractivity contribution in [2.24, 2.45) is 0 Å². The third-order valence-electron chi connectivity index (χ3n) is 2.96. The molecule has 7 heteroatoms. The Labute approximate surface area is 126 Å². The number of methoxy groups -OCH3 is 1. The smallest absolute Gasteiger partial charge is 0.255 e. The van der Waals surface area contributed by atoms with Crippen molar-refractivity contribution in [3.8, 4) is 11.7 Å². The molecule has 0 spiro atoms. The second-order valence-corrected chi connectivity index (χ2v) is 4.43. The molecule has 2 heterocycles. The summed E-state index contributed by atoms with van der Waals surface area (Å²) in [5.41, 5.74) is 1.01. The van der Waals surface area contributed by atoms with Gasteiger partial charge in [-0.05, 0) is 18.2 Å². The number of carbonyl (C=O) groups excluding carboxylic acids is 1. The molecule has 0 aliphatic rings. The number of imidazole rings is 1. The van der Waals surface area contributed by atoms with Crippen molar-refractivity contribution in [1.29, 1.82) is 0 Å². The molecular weight excluding hydrogens is 282 g/mol. The number of aromatic nitrogens is 4. The molecule has 1 amide bonds. The van der Waals surface area contributed by atoms with Crippen molar-refractivity contribution in [1.82, 2.24) is 19.5 Å². The van der Waals surface area contributed by atoms with Crippen LogP contribution in [0.15, 0.2) is 55.4 Å². The minimum Gasteiger partial charge on any atom is -0.497 e. The number of hydrogen-bond acceptors (Lipinski definition) is 5. The van der Waals surface area contributed by atoms with Crippen LogP contribution in [0.1, 0.15) is 10.4 Å². The minimum atomic E-state index is -0.252. The van der Waals surface area contributed by atoms with Gasteiger partial charge in [0.05, 0.1) is 25.2 Å². The van der Waals surface area contributed by atoms with E-state index in [9.17, 15) is 4.79 Å². The van der Waals surface area contributed by atoms with E-state index in [1.165, 1.54) is 0 Å². The molecule has 0 radical (unpaired) electrons. The van der Waals surface area contributed by atoms with Gasteiger partial charge in [0.2, 0.25) is 5.95 Å². The number of ether oxygens (including phenoxy) is 1. The standard InChI is InChI=1S/C15H13N5O2/c1-22-13-4-2-3-11(7-13)14(21)19-12-8-17-15(18-9-12)20-6-5-16-10-20/h2-10H,1H3,(H,19,21). The summed E-state index contributed by atoms with van der Waals surface area (Å²) in [6.45, 7) is 0. The van der Waals surface area contributed by atoms with E-state index in [0.717, 1.165) is 0 Å². The zero-order valence-electron chi connectivity index (χ0n) is 11.8. The van der Waals surface area contributed by atoms with Crippen LogP contribution in [-0.4, -0.2) is 32.5 Å². The largest absolute Gasteiger partial charge is 0.497 e. The van der Waals surface area contributed by atoms with Crippen LogP contribution >= 0.6 is 0 Å². The van der Waals surface area contributed by atoms with E-state index < -0.39 is 0 Å². The SMILES string of the molecule is COc1cccc(C(=O)Nc2cnc(-n3ccnc3)nc2)c1. The Morgan fingerprint density at radius 1 is 1.27 bits per heavy atom. The zero-order valence-corrected chi connectivity index (χ0v) is 11.8. The minimum absolute atomic E-state index is 0.252. The Morgan fingerprint density at radius 2 is 2.09 bits per heavy atom. The first-order chi connectivity index (χ1) is 10.8. The van der Waals surface area contributed by atoms with Crippen LogP contribution in [0.25, 0.3) is 5.95 Å². The van der Waals surface area contributed by atoms with E-state index in [2.05, 4.69) is 20.3 Å². The third-order valence-corrected chi connectivity index (χ3v) is 2.96. The van der Waals surface area contributed by atoms with Crippen LogP contribution in [-0.2, 0) is 0 Å². The second-order valence-electron chi connectivity index (χ2n) is 4.43. The van der Waals surface area contributed by atoms with E-state index >= 15 is 0 Å². The molecular formula is C15H13N5O2. The summed E-state index contributed by atoms with van der Waals surface area (Å²) in [6.07, 6.45) is 8.07. The van der Waals surface area contributed by atoms with Crippen molar-refractivity contribution in [3.05, 3.63) is 60.9 Å². The zero-order chi connectivity index (χ0) is 15.4. The van der Waals surface area contributed by atoms with Crippen molar-refractivity contribution in [2.45, 2.75) is 0 Å². The molecule has 0 aliphatic carbocycles. The predicted molar refractivity (Wildman–Crippen MR) is 80.1 cm³/mol. The molecule has 1 aromatic carbocycles. The van der Waals surface area contributed by atoms with E-state index in [0.29, 0.717) is 22.9 Å².